The van der Waals surface area contributed by atoms with Crippen LogP contribution in [-0.2, 0) is 6.42 Å². The van der Waals surface area contributed by atoms with E-state index in [0.29, 0.717) is 18.9 Å². The maximum Gasteiger partial charge on any atom is 0.163 e. The van der Waals surface area contributed by atoms with Gasteiger partial charge in [0.1, 0.15) is 13.2 Å². The molecule has 2 heterocycles. The van der Waals surface area contributed by atoms with Gasteiger partial charge in [0.25, 0.3) is 0 Å². The summed E-state index contributed by atoms with van der Waals surface area (Å²) in [4.78, 5) is 1.33. The largest absolute Gasteiger partial charge is 0.486 e. The van der Waals surface area contributed by atoms with E-state index in [-0.39, 0.29) is 0 Å². The molecular weight excluding hydrogens is 340 g/mol. The van der Waals surface area contributed by atoms with Crippen LogP contribution in [0.5, 0.6) is 11.5 Å². The van der Waals surface area contributed by atoms with Crippen molar-refractivity contribution in [3.8, 4) is 11.5 Å². The Bertz CT molecular complexity index is 615. The van der Waals surface area contributed by atoms with Crippen molar-refractivity contribution in [3.05, 3.63) is 32.9 Å². The quantitative estimate of drug-likeness (QED) is 0.824. The lowest BCUT2D eigenvalue weighted by Crippen LogP contribution is -2.16. The van der Waals surface area contributed by atoms with E-state index >= 15 is 0 Å². The molecule has 1 aromatic heterocycles. The number of nitrogens with two attached hydrogens (primary N) is 1. The van der Waals surface area contributed by atoms with Gasteiger partial charge in [0.05, 0.1) is 15.2 Å². The average molecular weight is 355 g/mol. The maximum atomic E-state index is 6.03. The van der Waals surface area contributed by atoms with E-state index in [4.69, 9.17) is 15.2 Å². The van der Waals surface area contributed by atoms with E-state index in [1.807, 2.05) is 12.1 Å². The first-order chi connectivity index (χ1) is 9.72. The highest BCUT2D eigenvalue weighted by Gasteiger charge is 2.14. The molecule has 6 heteroatoms. The molecule has 0 bridgehead atoms. The number of anilines is 2. The summed E-state index contributed by atoms with van der Waals surface area (Å²) in [6.07, 6.45) is 0.962. The first-order valence-electron chi connectivity index (χ1n) is 6.39. The van der Waals surface area contributed by atoms with Crippen LogP contribution >= 0.6 is 27.3 Å². The van der Waals surface area contributed by atoms with Crippen molar-refractivity contribution in [1.82, 2.24) is 0 Å². The first-order valence-corrected chi connectivity index (χ1v) is 8.00. The second-order valence-corrected chi connectivity index (χ2v) is 7.01. The van der Waals surface area contributed by atoms with Crippen molar-refractivity contribution in [1.29, 1.82) is 0 Å². The minimum absolute atomic E-state index is 0.576. The molecule has 0 spiro atoms. The topological polar surface area (TPSA) is 56.5 Å². The van der Waals surface area contributed by atoms with Gasteiger partial charge in [0, 0.05) is 23.6 Å². The van der Waals surface area contributed by atoms with E-state index in [1.54, 1.807) is 11.3 Å². The van der Waals surface area contributed by atoms with Gasteiger partial charge >= 0.3 is 0 Å². The molecule has 0 unspecified atom stereocenters. The molecule has 106 valence electrons. The van der Waals surface area contributed by atoms with Crippen LogP contribution in [0.2, 0.25) is 0 Å². The summed E-state index contributed by atoms with van der Waals surface area (Å²) >= 11 is 5.22. The number of thiophene rings is 1. The van der Waals surface area contributed by atoms with Gasteiger partial charge < -0.3 is 20.5 Å². The zero-order valence-corrected chi connectivity index (χ0v) is 13.2. The van der Waals surface area contributed by atoms with Gasteiger partial charge in [-0.05, 0) is 34.5 Å². The van der Waals surface area contributed by atoms with Gasteiger partial charge in [0.2, 0.25) is 0 Å². The van der Waals surface area contributed by atoms with E-state index in [1.165, 1.54) is 4.88 Å². The van der Waals surface area contributed by atoms with E-state index < -0.39 is 0 Å². The second kappa shape index (κ2) is 5.93. The molecule has 0 radical (unpaired) electrons. The smallest absolute Gasteiger partial charge is 0.163 e. The average Bonchev–Trinajstić information content (AvgIpc) is 2.85. The van der Waals surface area contributed by atoms with Crippen LogP contribution < -0.4 is 20.5 Å². The van der Waals surface area contributed by atoms with Crippen LogP contribution in [0.25, 0.3) is 0 Å². The third kappa shape index (κ3) is 3.02. The molecule has 2 aromatic rings. The Morgan fingerprint density at radius 2 is 1.95 bits per heavy atom. The molecule has 0 saturated carbocycles. The first kappa shape index (κ1) is 13.6. The molecule has 0 fully saturated rings. The fraction of sp³-hybridized carbons (Fsp3) is 0.286. The lowest BCUT2D eigenvalue weighted by atomic mass is 10.2. The van der Waals surface area contributed by atoms with Gasteiger partial charge in [0.15, 0.2) is 11.5 Å². The number of halogens is 1. The van der Waals surface area contributed by atoms with Crippen LogP contribution in [0.15, 0.2) is 28.1 Å². The Morgan fingerprint density at radius 1 is 1.20 bits per heavy atom. The minimum Gasteiger partial charge on any atom is -0.486 e. The van der Waals surface area contributed by atoms with Gasteiger partial charge in [-0.3, -0.25) is 0 Å². The van der Waals surface area contributed by atoms with Crippen molar-refractivity contribution in [3.63, 3.8) is 0 Å². The molecule has 1 aromatic carbocycles. The fourth-order valence-corrected chi connectivity index (χ4v) is 3.55. The monoisotopic (exact) mass is 354 g/mol. The highest BCUT2D eigenvalue weighted by molar-refractivity contribution is 9.11. The van der Waals surface area contributed by atoms with Crippen LogP contribution in [0.3, 0.4) is 0 Å². The molecule has 0 aliphatic carbocycles. The van der Waals surface area contributed by atoms with Crippen LogP contribution in [-0.4, -0.2) is 19.8 Å². The molecule has 1 aliphatic heterocycles. The fourth-order valence-electron chi connectivity index (χ4n) is 2.06. The number of nitrogens with one attached hydrogen (secondary N) is 1. The lowest BCUT2D eigenvalue weighted by Gasteiger charge is -2.20. The molecule has 3 rings (SSSR count). The Kier molecular flexibility index (Phi) is 4.03. The molecule has 4 nitrogen and oxygen atoms in total. The van der Waals surface area contributed by atoms with Crippen molar-refractivity contribution < 1.29 is 9.47 Å². The third-order valence-electron chi connectivity index (χ3n) is 3.03. The van der Waals surface area contributed by atoms with Crippen molar-refractivity contribution in [2.45, 2.75) is 6.42 Å². The normalized spacial score (nSPS) is 13.2. The van der Waals surface area contributed by atoms with Crippen molar-refractivity contribution >= 4 is 38.6 Å². The Hall–Kier alpha value is -1.40. The number of fused-ring (bicyclic) bond motifs is 1. The summed E-state index contributed by atoms with van der Waals surface area (Å²) in [6, 6.07) is 7.93. The summed E-state index contributed by atoms with van der Waals surface area (Å²) in [6.45, 7) is 1.99. The molecule has 1 aliphatic rings. The molecule has 20 heavy (non-hydrogen) atoms. The van der Waals surface area contributed by atoms with Gasteiger partial charge in [-0.15, -0.1) is 11.3 Å². The number of ether oxygens (including phenoxy) is 2. The number of nitrogen functional groups attached to an aromatic ring is 1. The van der Waals surface area contributed by atoms with E-state index in [9.17, 15) is 0 Å². The summed E-state index contributed by atoms with van der Waals surface area (Å²) < 4.78 is 12.2. The molecule has 3 N–H and O–H groups in total. The Balaban J connectivity index is 1.65. The molecule has 0 amide bonds. The number of hydrogen-bond acceptors (Lipinski definition) is 5. The Labute approximate surface area is 130 Å². The highest BCUT2D eigenvalue weighted by atomic mass is 79.9. The standard InChI is InChI=1S/C14H15BrN2O2S/c15-14-2-1-9(20-14)3-4-17-11-8-13-12(7-10(11)16)18-5-6-19-13/h1-2,7-8,17H,3-6,16H2. The van der Waals surface area contributed by atoms with Gasteiger partial charge in [-0.25, -0.2) is 0 Å². The summed E-state index contributed by atoms with van der Waals surface area (Å²) in [5, 5.41) is 3.35. The lowest BCUT2D eigenvalue weighted by molar-refractivity contribution is 0.172. The van der Waals surface area contributed by atoms with Gasteiger partial charge in [-0.1, -0.05) is 0 Å². The molecule has 0 saturated heterocycles. The van der Waals surface area contributed by atoms with Crippen molar-refractivity contribution in [2.24, 2.45) is 0 Å². The highest BCUT2D eigenvalue weighted by Crippen LogP contribution is 2.36. The minimum atomic E-state index is 0.576. The van der Waals surface area contributed by atoms with Crippen molar-refractivity contribution in [2.75, 3.05) is 30.8 Å². The maximum absolute atomic E-state index is 6.03. The van der Waals surface area contributed by atoms with E-state index in [0.717, 1.165) is 33.9 Å². The van der Waals surface area contributed by atoms with Crippen LogP contribution in [0.4, 0.5) is 11.4 Å². The van der Waals surface area contributed by atoms with Crippen LogP contribution in [0, 0.1) is 0 Å². The zero-order chi connectivity index (χ0) is 13.9. The third-order valence-corrected chi connectivity index (χ3v) is 4.71. The van der Waals surface area contributed by atoms with Crippen LogP contribution in [0.1, 0.15) is 4.88 Å². The molecular formula is C14H15BrN2O2S. The SMILES string of the molecule is Nc1cc2c(cc1NCCc1ccc(Br)s1)OCCO2. The summed E-state index contributed by atoms with van der Waals surface area (Å²) in [7, 11) is 0. The molecule has 0 atom stereocenters. The number of hydrogen-bond donors (Lipinski definition) is 2. The summed E-state index contributed by atoms with van der Waals surface area (Å²) in [5.74, 6) is 1.48. The predicted octanol–water partition coefficient (Wildman–Crippen LogP) is 3.52. The number of rotatable bonds is 4. The van der Waals surface area contributed by atoms with Gasteiger partial charge in [-0.2, -0.15) is 0 Å². The summed E-state index contributed by atoms with van der Waals surface area (Å²) in [5.41, 5.74) is 7.60. The van der Waals surface area contributed by atoms with E-state index in [2.05, 4.69) is 33.4 Å². The zero-order valence-electron chi connectivity index (χ0n) is 10.8. The predicted molar refractivity (Wildman–Crippen MR) is 86.1 cm³/mol. The Morgan fingerprint density at radius 3 is 2.65 bits per heavy atom. The number of benzene rings is 1. The second-order valence-electron chi connectivity index (χ2n) is 4.47.